The van der Waals surface area contributed by atoms with E-state index in [1.165, 1.54) is 0 Å². The number of carbonyl (C=O) groups excluding carboxylic acids is 2. The van der Waals surface area contributed by atoms with E-state index < -0.39 is 5.91 Å². The molecule has 0 unspecified atom stereocenters. The molecule has 124 valence electrons. The highest BCUT2D eigenvalue weighted by atomic mass is 16.5. The molecule has 1 aromatic heterocycles. The Kier molecular flexibility index (Phi) is 4.57. The minimum atomic E-state index is -0.428. The molecule has 1 aromatic carbocycles. The van der Waals surface area contributed by atoms with Crippen LogP contribution in [0.4, 0.5) is 0 Å². The summed E-state index contributed by atoms with van der Waals surface area (Å²) in [5, 5.41) is 0. The molecule has 2 N–H and O–H groups in total. The predicted octanol–water partition coefficient (Wildman–Crippen LogP) is 1.53. The van der Waals surface area contributed by atoms with Gasteiger partial charge in [-0.25, -0.2) is 0 Å². The van der Waals surface area contributed by atoms with Crippen molar-refractivity contribution in [2.75, 3.05) is 13.7 Å². The first-order chi connectivity index (χ1) is 11.6. The minimum Gasteiger partial charge on any atom is -0.380 e. The topological polar surface area (TPSA) is 85.5 Å². The first-order valence-electron chi connectivity index (χ1n) is 7.73. The minimum absolute atomic E-state index is 0.0735. The van der Waals surface area contributed by atoms with Gasteiger partial charge in [0.25, 0.3) is 5.91 Å². The van der Waals surface area contributed by atoms with Crippen LogP contribution in [-0.2, 0) is 24.3 Å². The highest BCUT2D eigenvalue weighted by molar-refractivity contribution is 5.96. The molecule has 0 bridgehead atoms. The fourth-order valence-corrected chi connectivity index (χ4v) is 3.05. The zero-order chi connectivity index (χ0) is 17.1. The van der Waals surface area contributed by atoms with Crippen molar-refractivity contribution >= 4 is 11.8 Å². The maximum Gasteiger partial charge on any atom is 0.255 e. The number of primary amides is 1. The third-order valence-electron chi connectivity index (χ3n) is 4.17. The summed E-state index contributed by atoms with van der Waals surface area (Å²) in [5.74, 6) is -0.501. The second kappa shape index (κ2) is 6.80. The average molecular weight is 325 g/mol. The van der Waals surface area contributed by atoms with Crippen LogP contribution < -0.4 is 5.73 Å². The molecule has 0 radical (unpaired) electrons. The van der Waals surface area contributed by atoms with Gasteiger partial charge in [0.1, 0.15) is 0 Å². The number of nitrogens with two attached hydrogens (primary N) is 1. The van der Waals surface area contributed by atoms with Crippen LogP contribution in [0.25, 0.3) is 0 Å². The molecule has 24 heavy (non-hydrogen) atoms. The van der Waals surface area contributed by atoms with E-state index in [9.17, 15) is 9.59 Å². The number of carbonyl (C=O) groups is 2. The van der Waals surface area contributed by atoms with Crippen molar-refractivity contribution in [3.63, 3.8) is 0 Å². The predicted molar refractivity (Wildman–Crippen MR) is 88.4 cm³/mol. The summed E-state index contributed by atoms with van der Waals surface area (Å²) in [6.45, 7) is 1.42. The lowest BCUT2D eigenvalue weighted by Gasteiger charge is -2.30. The quantitative estimate of drug-likeness (QED) is 0.923. The third-order valence-corrected chi connectivity index (χ3v) is 4.17. The fraction of sp³-hybridized carbons (Fsp3) is 0.278. The van der Waals surface area contributed by atoms with Crippen LogP contribution in [0, 0.1) is 0 Å². The molecule has 0 aliphatic carbocycles. The smallest absolute Gasteiger partial charge is 0.255 e. The summed E-state index contributed by atoms with van der Waals surface area (Å²) in [5.41, 5.74) is 9.28. The Morgan fingerprint density at radius 3 is 2.92 bits per heavy atom. The van der Waals surface area contributed by atoms with Gasteiger partial charge in [-0.15, -0.1) is 0 Å². The van der Waals surface area contributed by atoms with Gasteiger partial charge in [-0.2, -0.15) is 0 Å². The monoisotopic (exact) mass is 325 g/mol. The van der Waals surface area contributed by atoms with Gasteiger partial charge in [0, 0.05) is 38.2 Å². The third kappa shape index (κ3) is 3.14. The van der Waals surface area contributed by atoms with Crippen molar-refractivity contribution in [1.29, 1.82) is 0 Å². The molecular formula is C18H19N3O3. The summed E-state index contributed by atoms with van der Waals surface area (Å²) in [4.78, 5) is 30.1. The molecule has 2 aromatic rings. The summed E-state index contributed by atoms with van der Waals surface area (Å²) < 4.78 is 5.08. The number of methoxy groups -OCH3 is 1. The van der Waals surface area contributed by atoms with Crippen LogP contribution in [0.3, 0.4) is 0 Å². The molecule has 2 amide bonds. The molecule has 0 saturated carbocycles. The molecule has 0 saturated heterocycles. The fourth-order valence-electron chi connectivity index (χ4n) is 3.05. The van der Waals surface area contributed by atoms with Gasteiger partial charge >= 0.3 is 0 Å². The Morgan fingerprint density at radius 2 is 2.17 bits per heavy atom. The van der Waals surface area contributed by atoms with Gasteiger partial charge in [0.15, 0.2) is 0 Å². The maximum atomic E-state index is 12.7. The Balaban J connectivity index is 1.83. The van der Waals surface area contributed by atoms with E-state index in [2.05, 4.69) is 4.98 Å². The summed E-state index contributed by atoms with van der Waals surface area (Å²) in [7, 11) is 1.60. The number of nitrogens with zero attached hydrogens (tertiary/aromatic N) is 2. The Labute approximate surface area is 140 Å². The van der Waals surface area contributed by atoms with Gasteiger partial charge < -0.3 is 15.4 Å². The first kappa shape index (κ1) is 16.1. The average Bonchev–Trinajstić information content (AvgIpc) is 2.60. The lowest BCUT2D eigenvalue weighted by molar-refractivity contribution is 0.0733. The Bertz CT molecular complexity index is 789. The van der Waals surface area contributed by atoms with Crippen LogP contribution in [-0.4, -0.2) is 35.4 Å². The maximum absolute atomic E-state index is 12.7. The van der Waals surface area contributed by atoms with Gasteiger partial charge in [0.2, 0.25) is 5.91 Å². The summed E-state index contributed by atoms with van der Waals surface area (Å²) in [6, 6.07) is 7.26. The molecule has 0 atom stereocenters. The largest absolute Gasteiger partial charge is 0.380 e. The van der Waals surface area contributed by atoms with Crippen molar-refractivity contribution in [3.8, 4) is 0 Å². The lowest BCUT2D eigenvalue weighted by atomic mass is 9.94. The van der Waals surface area contributed by atoms with Crippen LogP contribution in [0.1, 0.15) is 37.4 Å². The number of ether oxygens (including phenoxy) is 1. The van der Waals surface area contributed by atoms with Crippen LogP contribution in [0.15, 0.2) is 36.7 Å². The van der Waals surface area contributed by atoms with E-state index in [-0.39, 0.29) is 5.91 Å². The van der Waals surface area contributed by atoms with E-state index in [0.717, 1.165) is 16.7 Å². The van der Waals surface area contributed by atoms with Crippen LogP contribution in [0.2, 0.25) is 0 Å². The van der Waals surface area contributed by atoms with Gasteiger partial charge in [0.05, 0.1) is 12.2 Å². The number of hydrogen-bond acceptors (Lipinski definition) is 4. The van der Waals surface area contributed by atoms with Crippen LogP contribution >= 0.6 is 0 Å². The lowest BCUT2D eigenvalue weighted by Crippen LogP contribution is -2.37. The summed E-state index contributed by atoms with van der Waals surface area (Å²) in [6.07, 6.45) is 3.87. The molecule has 0 spiro atoms. The first-order valence-corrected chi connectivity index (χ1v) is 7.73. The normalized spacial score (nSPS) is 13.5. The highest BCUT2D eigenvalue weighted by Crippen LogP contribution is 2.23. The zero-order valence-electron chi connectivity index (χ0n) is 13.5. The van der Waals surface area contributed by atoms with Crippen molar-refractivity contribution in [1.82, 2.24) is 9.88 Å². The molecule has 1 aliphatic heterocycles. The van der Waals surface area contributed by atoms with E-state index in [1.807, 2.05) is 6.07 Å². The number of amides is 2. The number of rotatable bonds is 4. The molecule has 1 aliphatic rings. The Hall–Kier alpha value is -2.73. The highest BCUT2D eigenvalue weighted by Gasteiger charge is 2.24. The number of pyridine rings is 1. The Morgan fingerprint density at radius 1 is 1.33 bits per heavy atom. The number of fused-ring (bicyclic) bond motifs is 1. The van der Waals surface area contributed by atoms with Gasteiger partial charge in [-0.05, 0) is 35.2 Å². The molecule has 6 heteroatoms. The van der Waals surface area contributed by atoms with Crippen LogP contribution in [0.5, 0.6) is 0 Å². The van der Waals surface area contributed by atoms with Crippen molar-refractivity contribution < 1.29 is 14.3 Å². The van der Waals surface area contributed by atoms with E-state index in [4.69, 9.17) is 10.5 Å². The second-order valence-corrected chi connectivity index (χ2v) is 5.80. The van der Waals surface area contributed by atoms with E-state index in [1.54, 1.807) is 42.6 Å². The van der Waals surface area contributed by atoms with Crippen molar-refractivity contribution in [3.05, 3.63) is 64.5 Å². The zero-order valence-corrected chi connectivity index (χ0v) is 13.5. The molecular weight excluding hydrogens is 306 g/mol. The summed E-state index contributed by atoms with van der Waals surface area (Å²) >= 11 is 0. The standard InChI is InChI=1S/C18H19N3O3/c1-24-11-12-7-14(9-20-8-12)18(23)21-6-5-15-13(10-21)3-2-4-16(15)17(19)22/h2-4,7-9H,5-6,10-11H2,1H3,(H2,19,22). The SMILES string of the molecule is COCc1cncc(C(=O)N2CCc3c(cccc3C(N)=O)C2)c1. The van der Waals surface area contributed by atoms with Crippen molar-refractivity contribution in [2.24, 2.45) is 5.73 Å². The molecule has 6 nitrogen and oxygen atoms in total. The van der Waals surface area contributed by atoms with Crippen molar-refractivity contribution in [2.45, 2.75) is 19.6 Å². The molecule has 3 rings (SSSR count). The second-order valence-electron chi connectivity index (χ2n) is 5.80. The number of aromatic nitrogens is 1. The molecule has 0 fully saturated rings. The van der Waals surface area contributed by atoms with Gasteiger partial charge in [-0.1, -0.05) is 12.1 Å². The number of benzene rings is 1. The van der Waals surface area contributed by atoms with Gasteiger partial charge in [-0.3, -0.25) is 14.6 Å². The van der Waals surface area contributed by atoms with E-state index in [0.29, 0.717) is 37.2 Å². The van der Waals surface area contributed by atoms with E-state index >= 15 is 0 Å². The molecule has 2 heterocycles. The number of hydrogen-bond donors (Lipinski definition) is 1.